The summed E-state index contributed by atoms with van der Waals surface area (Å²) in [6.45, 7) is 49.0. The van der Waals surface area contributed by atoms with Crippen LogP contribution < -0.4 is 0 Å². The number of rotatable bonds is 21. The second kappa shape index (κ2) is 20.0. The van der Waals surface area contributed by atoms with Crippen molar-refractivity contribution in [3.05, 3.63) is 33.3 Å². The molecule has 0 amide bonds. The van der Waals surface area contributed by atoms with Crippen molar-refractivity contribution in [2.75, 3.05) is 6.61 Å². The molecule has 55 heavy (non-hydrogen) atoms. The number of thiazole rings is 1. The van der Waals surface area contributed by atoms with Gasteiger partial charge in [0.1, 0.15) is 5.78 Å². The molecule has 0 aliphatic carbocycles. The van der Waals surface area contributed by atoms with Crippen LogP contribution in [-0.4, -0.2) is 65.7 Å². The van der Waals surface area contributed by atoms with Crippen molar-refractivity contribution in [2.24, 2.45) is 17.3 Å². The smallest absolute Gasteiger partial charge is 0.192 e. The van der Waals surface area contributed by atoms with Gasteiger partial charge >= 0.3 is 0 Å². The normalized spacial score (nSPS) is 17.6. The molecular weight excluding hydrogens is 751 g/mol. The summed E-state index contributed by atoms with van der Waals surface area (Å²) in [6.07, 6.45) is 8.27. The third-order valence-electron chi connectivity index (χ3n) is 13.5. The predicted octanol–water partition coefficient (Wildman–Crippen LogP) is 13.8. The van der Waals surface area contributed by atoms with E-state index in [1.54, 1.807) is 11.3 Å². The summed E-state index contributed by atoms with van der Waals surface area (Å²) in [4.78, 5) is 19.4. The molecular formula is C45H87NO5SSi3. The molecule has 0 saturated heterocycles. The molecule has 1 rings (SSSR count). The van der Waals surface area contributed by atoms with E-state index in [0.29, 0.717) is 6.42 Å². The van der Waals surface area contributed by atoms with Gasteiger partial charge in [-0.3, -0.25) is 4.79 Å². The Morgan fingerprint density at radius 1 is 0.818 bits per heavy atom. The SMILES string of the molecule is CC(=CC[C@H](O[Si](C)(C)C(C)(C)C)C(C)=Cc1csc(C)n1)CCC[C@H](C)[C@H](O[Si](C)(C)C(C)(C)C)[C@@H](C)C(=O)C(C)(C)[C@H](CCO)O[Si](C)(C)C(C)(C)C. The van der Waals surface area contributed by atoms with Crippen molar-refractivity contribution in [1.82, 2.24) is 4.98 Å². The first-order valence-corrected chi connectivity index (χ1v) is 30.7. The van der Waals surface area contributed by atoms with E-state index < -0.39 is 30.4 Å². The first-order chi connectivity index (χ1) is 24.6. The highest BCUT2D eigenvalue weighted by Crippen LogP contribution is 2.44. The average Bonchev–Trinajstić information content (AvgIpc) is 3.42. The predicted molar refractivity (Wildman–Crippen MR) is 248 cm³/mol. The van der Waals surface area contributed by atoms with Crippen LogP contribution in [0.1, 0.15) is 147 Å². The Bertz CT molecular complexity index is 1420. The molecule has 0 bridgehead atoms. The summed E-state index contributed by atoms with van der Waals surface area (Å²) >= 11 is 1.68. The summed E-state index contributed by atoms with van der Waals surface area (Å²) in [5.74, 6) is 0.0421. The van der Waals surface area contributed by atoms with Crippen LogP contribution >= 0.6 is 11.3 Å². The van der Waals surface area contributed by atoms with Gasteiger partial charge < -0.3 is 18.4 Å². The molecule has 5 atom stereocenters. The molecule has 10 heteroatoms. The van der Waals surface area contributed by atoms with E-state index in [2.05, 4.69) is 154 Å². The molecule has 0 unspecified atom stereocenters. The van der Waals surface area contributed by atoms with Gasteiger partial charge in [-0.15, -0.1) is 11.3 Å². The number of Topliss-reactive ketones (excluding diaryl/α,β-unsaturated/α-hetero) is 1. The summed E-state index contributed by atoms with van der Waals surface area (Å²) in [6, 6.07) is 0. The number of aliphatic hydroxyl groups excluding tert-OH is 1. The highest BCUT2D eigenvalue weighted by atomic mass is 32.1. The lowest BCUT2D eigenvalue weighted by atomic mass is 9.73. The first-order valence-electron chi connectivity index (χ1n) is 21.1. The molecule has 1 aromatic heterocycles. The number of hydrogen-bond donors (Lipinski definition) is 1. The maximum Gasteiger partial charge on any atom is 0.192 e. The quantitative estimate of drug-likeness (QED) is 0.0981. The van der Waals surface area contributed by atoms with Crippen molar-refractivity contribution in [3.8, 4) is 0 Å². The molecule has 0 fully saturated rings. The number of aryl methyl sites for hydroxylation is 1. The second-order valence-corrected chi connectivity index (χ2v) is 37.1. The minimum Gasteiger partial charge on any atom is -0.413 e. The maximum atomic E-state index is 14.7. The second-order valence-electron chi connectivity index (χ2n) is 21.8. The fourth-order valence-corrected chi connectivity index (χ4v) is 11.1. The Morgan fingerprint density at radius 3 is 1.76 bits per heavy atom. The van der Waals surface area contributed by atoms with Crippen LogP contribution in [0.2, 0.25) is 54.4 Å². The van der Waals surface area contributed by atoms with Crippen LogP contribution in [0.4, 0.5) is 0 Å². The standard InChI is InChI=1S/C45H87NO5SSi3/c1-32(26-27-38(49-53(17,18)42(6,7)8)34(3)30-37-31-52-36(5)46-37)24-23-25-33(2)40(51-55(21,22)44(12,13)14)35(4)41(48)45(15,16)39(28-29-47)50-54(19,20)43(9,10)11/h26,30-31,33,35,38-40,47H,23-25,27-29H2,1-22H3/t33-,35+,38-,39-,40-/m0/s1. The van der Waals surface area contributed by atoms with Crippen LogP contribution in [0.25, 0.3) is 6.08 Å². The van der Waals surface area contributed by atoms with Gasteiger partial charge in [0, 0.05) is 23.3 Å². The fraction of sp³-hybridized carbons (Fsp3) is 0.822. The van der Waals surface area contributed by atoms with Crippen molar-refractivity contribution < 1.29 is 23.2 Å². The average molecular weight is 839 g/mol. The number of aliphatic hydroxyl groups is 1. The van der Waals surface area contributed by atoms with E-state index in [1.165, 1.54) is 11.1 Å². The monoisotopic (exact) mass is 838 g/mol. The Kier molecular flexibility index (Phi) is 19.0. The zero-order valence-electron chi connectivity index (χ0n) is 39.8. The number of ketones is 1. The van der Waals surface area contributed by atoms with Crippen LogP contribution in [0.5, 0.6) is 0 Å². The minimum atomic E-state index is -2.21. The summed E-state index contributed by atoms with van der Waals surface area (Å²) < 4.78 is 21.2. The Labute approximate surface area is 347 Å². The number of hydrogen-bond acceptors (Lipinski definition) is 7. The van der Waals surface area contributed by atoms with Crippen molar-refractivity contribution >= 4 is 48.1 Å². The highest BCUT2D eigenvalue weighted by molar-refractivity contribution is 7.09. The fourth-order valence-electron chi connectivity index (χ4n) is 6.25. The van der Waals surface area contributed by atoms with E-state index in [1.807, 2.05) is 13.8 Å². The zero-order valence-corrected chi connectivity index (χ0v) is 43.6. The number of allylic oxidation sites excluding steroid dienone is 1. The highest BCUT2D eigenvalue weighted by Gasteiger charge is 2.49. The van der Waals surface area contributed by atoms with Crippen molar-refractivity contribution in [3.63, 3.8) is 0 Å². The van der Waals surface area contributed by atoms with Gasteiger partial charge in [0.15, 0.2) is 25.0 Å². The third kappa shape index (κ3) is 15.1. The molecule has 0 saturated carbocycles. The van der Waals surface area contributed by atoms with Crippen molar-refractivity contribution in [2.45, 2.75) is 216 Å². The largest absolute Gasteiger partial charge is 0.413 e. The number of nitrogens with zero attached hydrogens (tertiary/aromatic N) is 1. The maximum absolute atomic E-state index is 14.7. The zero-order chi connectivity index (χ0) is 43.2. The van der Waals surface area contributed by atoms with E-state index in [-0.39, 0.29) is 57.7 Å². The number of carbonyl (C=O) groups is 1. The number of aromatic nitrogens is 1. The van der Waals surface area contributed by atoms with Gasteiger partial charge in [0.05, 0.1) is 29.0 Å². The molecule has 0 aliphatic heterocycles. The van der Waals surface area contributed by atoms with E-state index >= 15 is 0 Å². The van der Waals surface area contributed by atoms with Crippen LogP contribution in [0, 0.1) is 24.2 Å². The van der Waals surface area contributed by atoms with Gasteiger partial charge in [-0.25, -0.2) is 4.98 Å². The van der Waals surface area contributed by atoms with E-state index in [4.69, 9.17) is 18.3 Å². The van der Waals surface area contributed by atoms with Gasteiger partial charge in [-0.2, -0.15) is 0 Å². The van der Waals surface area contributed by atoms with Gasteiger partial charge in [0.2, 0.25) is 0 Å². The molecule has 0 aliphatic rings. The van der Waals surface area contributed by atoms with Gasteiger partial charge in [-0.05, 0) is 125 Å². The van der Waals surface area contributed by atoms with E-state index in [0.717, 1.165) is 36.4 Å². The summed E-state index contributed by atoms with van der Waals surface area (Å²) in [5.41, 5.74) is 2.82. The van der Waals surface area contributed by atoms with Crippen LogP contribution in [0.15, 0.2) is 22.6 Å². The molecule has 1 aromatic rings. The van der Waals surface area contributed by atoms with E-state index in [9.17, 15) is 9.90 Å². The molecule has 6 nitrogen and oxygen atoms in total. The Balaban J connectivity index is 3.33. The lowest BCUT2D eigenvalue weighted by molar-refractivity contribution is -0.141. The summed E-state index contributed by atoms with van der Waals surface area (Å²) in [5, 5.41) is 13.5. The van der Waals surface area contributed by atoms with Crippen LogP contribution in [-0.2, 0) is 18.1 Å². The first kappa shape index (κ1) is 52.3. The molecule has 1 N–H and O–H groups in total. The van der Waals surface area contributed by atoms with Gasteiger partial charge in [-0.1, -0.05) is 102 Å². The topological polar surface area (TPSA) is 77.9 Å². The van der Waals surface area contributed by atoms with Gasteiger partial charge in [0.25, 0.3) is 0 Å². The minimum absolute atomic E-state index is 0.00429. The summed E-state index contributed by atoms with van der Waals surface area (Å²) in [7, 11) is -6.42. The Morgan fingerprint density at radius 2 is 1.31 bits per heavy atom. The Hall–Kier alpha value is -0.729. The molecule has 1 heterocycles. The molecule has 0 radical (unpaired) electrons. The number of carbonyl (C=O) groups excluding carboxylic acids is 1. The lowest BCUT2D eigenvalue weighted by Crippen LogP contribution is -2.54. The lowest BCUT2D eigenvalue weighted by Gasteiger charge is -2.46. The molecule has 320 valence electrons. The molecule has 0 aromatic carbocycles. The van der Waals surface area contributed by atoms with Crippen LogP contribution in [0.3, 0.4) is 0 Å². The third-order valence-corrected chi connectivity index (χ3v) is 27.7. The molecule has 0 spiro atoms. The van der Waals surface area contributed by atoms with Crippen molar-refractivity contribution in [1.29, 1.82) is 0 Å².